The average molecular weight is 390 g/mol. The number of aryl methyl sites for hydroxylation is 1. The van der Waals surface area contributed by atoms with Crippen molar-refractivity contribution in [1.29, 1.82) is 0 Å². The van der Waals surface area contributed by atoms with E-state index in [9.17, 15) is 4.79 Å². The van der Waals surface area contributed by atoms with Crippen LogP contribution in [-0.4, -0.2) is 26.6 Å². The first kappa shape index (κ1) is 20.6. The lowest BCUT2D eigenvalue weighted by Crippen LogP contribution is -3.09. The van der Waals surface area contributed by atoms with Crippen molar-refractivity contribution >= 4 is 5.91 Å². The molecule has 0 aliphatic carbocycles. The van der Waals surface area contributed by atoms with E-state index in [1.54, 1.807) is 7.11 Å². The molecule has 1 unspecified atom stereocenters. The summed E-state index contributed by atoms with van der Waals surface area (Å²) in [7, 11) is 3.70. The number of quaternary nitrogens is 1. The van der Waals surface area contributed by atoms with Crippen molar-refractivity contribution in [1.82, 2.24) is 5.32 Å². The molecule has 0 heterocycles. The Morgan fingerprint density at radius 3 is 2.21 bits per heavy atom. The molecule has 0 saturated heterocycles. The van der Waals surface area contributed by atoms with Crippen molar-refractivity contribution in [3.8, 4) is 5.75 Å². The molecule has 0 bridgehead atoms. The van der Waals surface area contributed by atoms with Crippen molar-refractivity contribution in [2.75, 3.05) is 20.7 Å². The topological polar surface area (TPSA) is 42.8 Å². The monoisotopic (exact) mass is 389 g/mol. The van der Waals surface area contributed by atoms with Crippen molar-refractivity contribution in [3.05, 3.63) is 101 Å². The molecule has 0 radical (unpaired) electrons. The van der Waals surface area contributed by atoms with Gasteiger partial charge < -0.3 is 15.0 Å². The molecule has 4 heteroatoms. The molecule has 0 aliphatic heterocycles. The molecule has 2 N–H and O–H groups in total. The molecule has 1 amide bonds. The van der Waals surface area contributed by atoms with E-state index < -0.39 is 0 Å². The summed E-state index contributed by atoms with van der Waals surface area (Å²) in [5.74, 6) is 0.829. The smallest absolute Gasteiger partial charge is 0.275 e. The second-order valence-corrected chi connectivity index (χ2v) is 7.42. The Bertz CT molecular complexity index is 923. The van der Waals surface area contributed by atoms with Crippen LogP contribution in [0.3, 0.4) is 0 Å². The molecule has 0 spiro atoms. The predicted octanol–water partition coefficient (Wildman–Crippen LogP) is 2.92. The number of hydrogen-bond donors (Lipinski definition) is 2. The molecular formula is C25H29N2O2+. The molecule has 0 aromatic heterocycles. The van der Waals surface area contributed by atoms with Gasteiger partial charge in [0.1, 0.15) is 12.3 Å². The number of amides is 1. The Kier molecular flexibility index (Phi) is 7.04. The second kappa shape index (κ2) is 9.89. The van der Waals surface area contributed by atoms with Gasteiger partial charge in [-0.3, -0.25) is 4.79 Å². The Hall–Kier alpha value is -3.11. The van der Waals surface area contributed by atoms with Crippen LogP contribution >= 0.6 is 0 Å². The summed E-state index contributed by atoms with van der Waals surface area (Å²) in [4.78, 5) is 14.0. The van der Waals surface area contributed by atoms with Crippen LogP contribution < -0.4 is 15.0 Å². The Balaban J connectivity index is 1.71. The Morgan fingerprint density at radius 2 is 1.55 bits per heavy atom. The van der Waals surface area contributed by atoms with Crippen LogP contribution in [0.15, 0.2) is 78.9 Å². The molecule has 4 nitrogen and oxygen atoms in total. The quantitative estimate of drug-likeness (QED) is 0.622. The number of hydrogen-bond acceptors (Lipinski definition) is 2. The largest absolute Gasteiger partial charge is 0.497 e. The molecule has 2 atom stereocenters. The number of carbonyl (C=O) groups excluding carboxylic acids is 1. The minimum atomic E-state index is -0.194. The highest BCUT2D eigenvalue weighted by Gasteiger charge is 2.19. The van der Waals surface area contributed by atoms with Gasteiger partial charge in [-0.25, -0.2) is 0 Å². The summed E-state index contributed by atoms with van der Waals surface area (Å²) in [5, 5.41) is 3.22. The fraction of sp³-hybridized carbons (Fsp3) is 0.240. The van der Waals surface area contributed by atoms with Crippen molar-refractivity contribution in [2.24, 2.45) is 0 Å². The number of carbonyl (C=O) groups is 1. The summed E-state index contributed by atoms with van der Waals surface area (Å²) >= 11 is 0. The van der Waals surface area contributed by atoms with E-state index in [-0.39, 0.29) is 11.9 Å². The van der Waals surface area contributed by atoms with Gasteiger partial charge in [-0.15, -0.1) is 0 Å². The SMILES string of the molecule is COc1ccc([C@H](NC(=O)C[NH+](C)Cc2ccccc2C)c2ccccc2)cc1. The molecular weight excluding hydrogens is 360 g/mol. The molecule has 3 rings (SSSR count). The van der Waals surface area contributed by atoms with Crippen LogP contribution in [0.2, 0.25) is 0 Å². The number of nitrogens with one attached hydrogen (secondary N) is 2. The van der Waals surface area contributed by atoms with Crippen molar-refractivity contribution in [3.63, 3.8) is 0 Å². The fourth-order valence-electron chi connectivity index (χ4n) is 3.48. The molecule has 3 aromatic carbocycles. The number of benzene rings is 3. The predicted molar refractivity (Wildman–Crippen MR) is 116 cm³/mol. The van der Waals surface area contributed by atoms with E-state index in [2.05, 4.69) is 31.4 Å². The maximum absolute atomic E-state index is 12.9. The van der Waals surface area contributed by atoms with Crippen LogP contribution in [-0.2, 0) is 11.3 Å². The maximum Gasteiger partial charge on any atom is 0.275 e. The van der Waals surface area contributed by atoms with Crippen LogP contribution in [0, 0.1) is 6.92 Å². The van der Waals surface area contributed by atoms with E-state index in [0.717, 1.165) is 28.3 Å². The average Bonchev–Trinajstić information content (AvgIpc) is 2.74. The minimum Gasteiger partial charge on any atom is -0.497 e. The highest BCUT2D eigenvalue weighted by molar-refractivity contribution is 5.78. The van der Waals surface area contributed by atoms with Crippen LogP contribution in [0.25, 0.3) is 0 Å². The first-order valence-corrected chi connectivity index (χ1v) is 9.91. The van der Waals surface area contributed by atoms with Crippen LogP contribution in [0.1, 0.15) is 28.3 Å². The lowest BCUT2D eigenvalue weighted by atomic mass is 9.98. The van der Waals surface area contributed by atoms with Gasteiger partial charge in [-0.05, 0) is 35.7 Å². The third kappa shape index (κ3) is 5.69. The second-order valence-electron chi connectivity index (χ2n) is 7.42. The number of methoxy groups -OCH3 is 1. The summed E-state index contributed by atoms with van der Waals surface area (Å²) in [5.41, 5.74) is 4.62. The molecule has 29 heavy (non-hydrogen) atoms. The molecule has 150 valence electrons. The third-order valence-corrected chi connectivity index (χ3v) is 5.10. The summed E-state index contributed by atoms with van der Waals surface area (Å²) < 4.78 is 5.26. The normalized spacial score (nSPS) is 12.8. The van der Waals surface area contributed by atoms with Crippen molar-refractivity contribution in [2.45, 2.75) is 19.5 Å². The summed E-state index contributed by atoms with van der Waals surface area (Å²) in [6, 6.07) is 26.0. The molecule has 0 saturated carbocycles. The third-order valence-electron chi connectivity index (χ3n) is 5.10. The van der Waals surface area contributed by atoms with Gasteiger partial charge in [-0.1, -0.05) is 66.7 Å². The van der Waals surface area contributed by atoms with Gasteiger partial charge in [0.15, 0.2) is 6.54 Å². The summed E-state index contributed by atoms with van der Waals surface area (Å²) in [6.45, 7) is 3.34. The molecule has 3 aromatic rings. The number of rotatable bonds is 8. The number of ether oxygens (including phenoxy) is 1. The lowest BCUT2D eigenvalue weighted by molar-refractivity contribution is -0.885. The van der Waals surface area contributed by atoms with Gasteiger partial charge in [0.25, 0.3) is 5.91 Å². The van der Waals surface area contributed by atoms with E-state index in [0.29, 0.717) is 6.54 Å². The fourth-order valence-corrected chi connectivity index (χ4v) is 3.48. The standard InChI is InChI=1S/C25H28N2O2/c1-19-9-7-8-12-22(19)17-27(2)18-24(28)26-25(20-10-5-4-6-11-20)21-13-15-23(29-3)16-14-21/h4-16,25H,17-18H2,1-3H3,(H,26,28)/p+1/t25-/m1/s1. The van der Waals surface area contributed by atoms with Gasteiger partial charge in [-0.2, -0.15) is 0 Å². The van der Waals surface area contributed by atoms with Crippen molar-refractivity contribution < 1.29 is 14.4 Å². The van der Waals surface area contributed by atoms with Gasteiger partial charge >= 0.3 is 0 Å². The molecule has 0 fully saturated rings. The first-order chi connectivity index (χ1) is 14.1. The summed E-state index contributed by atoms with van der Waals surface area (Å²) in [6.07, 6.45) is 0. The van der Waals surface area contributed by atoms with E-state index in [1.807, 2.05) is 66.7 Å². The van der Waals surface area contributed by atoms with Crippen LogP contribution in [0.5, 0.6) is 5.75 Å². The van der Waals surface area contributed by atoms with Gasteiger partial charge in [0.2, 0.25) is 0 Å². The maximum atomic E-state index is 12.9. The highest BCUT2D eigenvalue weighted by Crippen LogP contribution is 2.24. The zero-order valence-corrected chi connectivity index (χ0v) is 17.3. The van der Waals surface area contributed by atoms with E-state index >= 15 is 0 Å². The van der Waals surface area contributed by atoms with Gasteiger partial charge in [0, 0.05) is 5.56 Å². The Labute approximate surface area is 173 Å². The minimum absolute atomic E-state index is 0.0285. The molecule has 0 aliphatic rings. The first-order valence-electron chi connectivity index (χ1n) is 9.91. The van der Waals surface area contributed by atoms with Gasteiger partial charge in [0.05, 0.1) is 20.2 Å². The zero-order valence-electron chi connectivity index (χ0n) is 17.3. The van der Waals surface area contributed by atoms with Crippen LogP contribution in [0.4, 0.5) is 0 Å². The van der Waals surface area contributed by atoms with E-state index in [4.69, 9.17) is 4.74 Å². The van der Waals surface area contributed by atoms with E-state index in [1.165, 1.54) is 11.1 Å². The zero-order chi connectivity index (χ0) is 20.6. The highest BCUT2D eigenvalue weighted by atomic mass is 16.5. The number of likely N-dealkylation sites (N-methyl/N-ethyl adjacent to an activating group) is 1. The lowest BCUT2D eigenvalue weighted by Gasteiger charge is -2.22. The Morgan fingerprint density at radius 1 is 0.931 bits per heavy atom.